The average Bonchev–Trinajstić information content (AvgIpc) is 2.55. The van der Waals surface area contributed by atoms with Crippen molar-refractivity contribution in [1.82, 2.24) is 5.32 Å². The molecule has 16 heavy (non-hydrogen) atoms. The first kappa shape index (κ1) is 13.6. The summed E-state index contributed by atoms with van der Waals surface area (Å²) in [6, 6.07) is 1.61. The van der Waals surface area contributed by atoms with Crippen molar-refractivity contribution in [2.24, 2.45) is 5.73 Å². The summed E-state index contributed by atoms with van der Waals surface area (Å²) >= 11 is 9.66. The zero-order valence-electron chi connectivity index (χ0n) is 9.04. The molecular formula is C10H13BrN2OS2. The van der Waals surface area contributed by atoms with Crippen molar-refractivity contribution in [3.63, 3.8) is 0 Å². The second-order valence-electron chi connectivity index (χ2n) is 3.40. The number of nitrogens with one attached hydrogen (secondary N) is 1. The van der Waals surface area contributed by atoms with Crippen LogP contribution in [0.3, 0.4) is 0 Å². The summed E-state index contributed by atoms with van der Waals surface area (Å²) in [6.45, 7) is 3.88. The Morgan fingerprint density at radius 2 is 2.38 bits per heavy atom. The minimum atomic E-state index is -0.233. The van der Waals surface area contributed by atoms with Crippen LogP contribution in [0.15, 0.2) is 9.85 Å². The molecule has 1 atom stereocenters. The van der Waals surface area contributed by atoms with Gasteiger partial charge in [0.05, 0.1) is 19.7 Å². The van der Waals surface area contributed by atoms with Crippen LogP contribution >= 0.6 is 39.5 Å². The van der Waals surface area contributed by atoms with Crippen LogP contribution < -0.4 is 11.1 Å². The number of hydrogen-bond donors (Lipinski definition) is 2. The zero-order chi connectivity index (χ0) is 12.3. The number of aryl methyl sites for hydroxylation is 1. The molecule has 0 saturated carbocycles. The van der Waals surface area contributed by atoms with Crippen molar-refractivity contribution in [3.8, 4) is 0 Å². The third-order valence-corrected chi connectivity index (χ3v) is 4.56. The Kier molecular flexibility index (Phi) is 4.89. The number of thiophene rings is 1. The molecule has 88 valence electrons. The van der Waals surface area contributed by atoms with Gasteiger partial charge in [-0.05, 0) is 40.9 Å². The normalized spacial score (nSPS) is 12.2. The molecule has 1 aromatic rings. The Morgan fingerprint density at radius 1 is 1.75 bits per heavy atom. The van der Waals surface area contributed by atoms with E-state index in [1.807, 2.05) is 19.9 Å². The molecule has 1 rings (SSSR count). The van der Waals surface area contributed by atoms with Gasteiger partial charge in [-0.25, -0.2) is 0 Å². The van der Waals surface area contributed by atoms with Crippen molar-refractivity contribution in [1.29, 1.82) is 0 Å². The molecule has 0 saturated heterocycles. The van der Waals surface area contributed by atoms with Crippen LogP contribution in [0.5, 0.6) is 0 Å². The van der Waals surface area contributed by atoms with E-state index < -0.39 is 0 Å². The molecule has 3 N–H and O–H groups in total. The molecular weight excluding hydrogens is 308 g/mol. The van der Waals surface area contributed by atoms with Crippen molar-refractivity contribution >= 4 is 50.4 Å². The van der Waals surface area contributed by atoms with Crippen molar-refractivity contribution in [3.05, 3.63) is 20.3 Å². The fourth-order valence-corrected chi connectivity index (χ4v) is 2.84. The van der Waals surface area contributed by atoms with Gasteiger partial charge in [0.15, 0.2) is 0 Å². The SMILES string of the molecule is CCC(NC(=O)c1cc(C)c(Br)s1)C(N)=S. The zero-order valence-corrected chi connectivity index (χ0v) is 12.3. The Labute approximate surface area is 113 Å². The lowest BCUT2D eigenvalue weighted by Crippen LogP contribution is -2.42. The molecule has 0 aliphatic carbocycles. The fraction of sp³-hybridized carbons (Fsp3) is 0.400. The summed E-state index contributed by atoms with van der Waals surface area (Å²) in [7, 11) is 0. The lowest BCUT2D eigenvalue weighted by Gasteiger charge is -2.14. The van der Waals surface area contributed by atoms with Crippen LogP contribution in [0.4, 0.5) is 0 Å². The minimum Gasteiger partial charge on any atom is -0.392 e. The van der Waals surface area contributed by atoms with E-state index in [-0.39, 0.29) is 11.9 Å². The third-order valence-electron chi connectivity index (χ3n) is 2.14. The average molecular weight is 321 g/mol. The highest BCUT2D eigenvalue weighted by Crippen LogP contribution is 2.27. The van der Waals surface area contributed by atoms with Gasteiger partial charge in [-0.15, -0.1) is 11.3 Å². The third kappa shape index (κ3) is 3.26. The summed E-state index contributed by atoms with van der Waals surface area (Å²) in [5.41, 5.74) is 6.57. The van der Waals surface area contributed by atoms with E-state index in [0.29, 0.717) is 16.3 Å². The van der Waals surface area contributed by atoms with Gasteiger partial charge in [0.25, 0.3) is 5.91 Å². The minimum absolute atomic E-state index is 0.126. The quantitative estimate of drug-likeness (QED) is 0.838. The summed E-state index contributed by atoms with van der Waals surface area (Å²) < 4.78 is 0.973. The number of hydrogen-bond acceptors (Lipinski definition) is 3. The highest BCUT2D eigenvalue weighted by molar-refractivity contribution is 9.11. The van der Waals surface area contributed by atoms with Gasteiger partial charge in [-0.2, -0.15) is 0 Å². The lowest BCUT2D eigenvalue weighted by atomic mass is 10.2. The number of amides is 1. The first-order valence-corrected chi connectivity index (χ1v) is 6.83. The van der Waals surface area contributed by atoms with Crippen LogP contribution in [-0.4, -0.2) is 16.9 Å². The molecule has 0 aliphatic heterocycles. The molecule has 0 aliphatic rings. The van der Waals surface area contributed by atoms with Gasteiger partial charge in [0.1, 0.15) is 0 Å². The molecule has 1 aromatic heterocycles. The van der Waals surface area contributed by atoms with E-state index >= 15 is 0 Å². The van der Waals surface area contributed by atoms with Crippen LogP contribution in [0, 0.1) is 6.92 Å². The predicted molar refractivity (Wildman–Crippen MR) is 75.1 cm³/mol. The van der Waals surface area contributed by atoms with Gasteiger partial charge >= 0.3 is 0 Å². The summed E-state index contributed by atoms with van der Waals surface area (Å²) in [6.07, 6.45) is 0.701. The molecule has 0 fully saturated rings. The second-order valence-corrected chi connectivity index (χ2v) is 6.25. The molecule has 0 aromatic carbocycles. The maximum Gasteiger partial charge on any atom is 0.261 e. The standard InChI is InChI=1S/C10H13BrN2OS2/c1-3-6(9(12)15)13-10(14)7-4-5(2)8(11)16-7/h4,6H,3H2,1-2H3,(H2,12,15)(H,13,14). The van der Waals surface area contributed by atoms with E-state index in [2.05, 4.69) is 21.2 Å². The Hall–Kier alpha value is -0.460. The number of carbonyl (C=O) groups is 1. The Morgan fingerprint density at radius 3 is 2.75 bits per heavy atom. The number of halogens is 1. The number of nitrogens with two attached hydrogens (primary N) is 1. The van der Waals surface area contributed by atoms with Crippen molar-refractivity contribution in [2.45, 2.75) is 26.3 Å². The van der Waals surface area contributed by atoms with Crippen LogP contribution in [0.1, 0.15) is 28.6 Å². The van der Waals surface area contributed by atoms with Gasteiger partial charge in [-0.1, -0.05) is 19.1 Å². The van der Waals surface area contributed by atoms with E-state index in [4.69, 9.17) is 18.0 Å². The molecule has 3 nitrogen and oxygen atoms in total. The highest BCUT2D eigenvalue weighted by Gasteiger charge is 2.16. The maximum atomic E-state index is 11.8. The molecule has 0 radical (unpaired) electrons. The van der Waals surface area contributed by atoms with E-state index in [1.165, 1.54) is 11.3 Å². The monoisotopic (exact) mass is 320 g/mol. The lowest BCUT2D eigenvalue weighted by molar-refractivity contribution is 0.0950. The van der Waals surface area contributed by atoms with Gasteiger partial charge in [0, 0.05) is 0 Å². The first-order valence-electron chi connectivity index (χ1n) is 4.81. The van der Waals surface area contributed by atoms with Crippen LogP contribution in [0.2, 0.25) is 0 Å². The summed E-state index contributed by atoms with van der Waals surface area (Å²) in [4.78, 5) is 12.8. The molecule has 1 heterocycles. The first-order chi connectivity index (χ1) is 7.45. The van der Waals surface area contributed by atoms with Gasteiger partial charge < -0.3 is 11.1 Å². The van der Waals surface area contributed by atoms with Crippen LogP contribution in [0.25, 0.3) is 0 Å². The second kappa shape index (κ2) is 5.75. The highest BCUT2D eigenvalue weighted by atomic mass is 79.9. The number of rotatable bonds is 4. The van der Waals surface area contributed by atoms with Crippen molar-refractivity contribution < 1.29 is 4.79 Å². The molecule has 6 heteroatoms. The van der Waals surface area contributed by atoms with E-state index in [1.54, 1.807) is 0 Å². The Balaban J connectivity index is 2.75. The van der Waals surface area contributed by atoms with E-state index in [9.17, 15) is 4.79 Å². The Bertz CT molecular complexity index is 397. The van der Waals surface area contributed by atoms with E-state index in [0.717, 1.165) is 9.35 Å². The maximum absolute atomic E-state index is 11.8. The van der Waals surface area contributed by atoms with Crippen molar-refractivity contribution in [2.75, 3.05) is 0 Å². The van der Waals surface area contributed by atoms with Gasteiger partial charge in [-0.3, -0.25) is 4.79 Å². The number of thiocarbonyl (C=S) groups is 1. The number of carbonyl (C=O) groups excluding carboxylic acids is 1. The largest absolute Gasteiger partial charge is 0.392 e. The molecule has 0 bridgehead atoms. The summed E-state index contributed by atoms with van der Waals surface area (Å²) in [5.74, 6) is -0.126. The smallest absolute Gasteiger partial charge is 0.261 e. The van der Waals surface area contributed by atoms with Crippen LogP contribution in [-0.2, 0) is 0 Å². The van der Waals surface area contributed by atoms with Gasteiger partial charge in [0.2, 0.25) is 0 Å². The summed E-state index contributed by atoms with van der Waals surface area (Å²) in [5, 5.41) is 2.81. The molecule has 1 unspecified atom stereocenters. The predicted octanol–water partition coefficient (Wildman–Crippen LogP) is 2.61. The molecule has 1 amide bonds. The fourth-order valence-electron chi connectivity index (χ4n) is 1.18. The molecule has 0 spiro atoms. The topological polar surface area (TPSA) is 55.1 Å².